The smallest absolute Gasteiger partial charge is 0.289 e. The summed E-state index contributed by atoms with van der Waals surface area (Å²) < 4.78 is 0. The van der Waals surface area contributed by atoms with Crippen LogP contribution in [0, 0.1) is 0 Å². The van der Waals surface area contributed by atoms with Crippen LogP contribution in [0.15, 0.2) is 35.6 Å². The summed E-state index contributed by atoms with van der Waals surface area (Å²) in [5.74, 6) is -1.39. The molecule has 94 valence electrons. The van der Waals surface area contributed by atoms with E-state index in [4.69, 9.17) is 11.6 Å². The predicted molar refractivity (Wildman–Crippen MR) is 67.3 cm³/mol. The number of hydrogen-bond donors (Lipinski definition) is 1. The molecule has 18 heavy (non-hydrogen) atoms. The first kappa shape index (κ1) is 12.6. The van der Waals surface area contributed by atoms with E-state index in [0.29, 0.717) is 10.6 Å². The number of aliphatic hydroxyl groups excluding tert-OH is 1. The molecule has 1 amide bonds. The Hall–Kier alpha value is -1.81. The van der Waals surface area contributed by atoms with Crippen molar-refractivity contribution in [3.05, 3.63) is 46.2 Å². The molecule has 1 heterocycles. The van der Waals surface area contributed by atoms with Crippen molar-refractivity contribution in [1.29, 1.82) is 0 Å². The SMILES string of the molecule is CC(=O)C1=C(O)C(=O)N(C)[C@@H]1c1ccccc1Cl. The molecule has 0 unspecified atom stereocenters. The largest absolute Gasteiger partial charge is 0.503 e. The molecule has 0 bridgehead atoms. The van der Waals surface area contributed by atoms with Crippen molar-refractivity contribution in [3.8, 4) is 0 Å². The molecule has 0 saturated carbocycles. The Balaban J connectivity index is 2.60. The van der Waals surface area contributed by atoms with Crippen LogP contribution in [0.2, 0.25) is 5.02 Å². The number of ketones is 1. The first-order valence-corrected chi connectivity index (χ1v) is 5.78. The zero-order valence-corrected chi connectivity index (χ0v) is 10.7. The van der Waals surface area contributed by atoms with E-state index in [1.165, 1.54) is 18.9 Å². The van der Waals surface area contributed by atoms with Crippen LogP contribution in [-0.2, 0) is 9.59 Å². The summed E-state index contributed by atoms with van der Waals surface area (Å²) in [6.45, 7) is 1.32. The number of benzene rings is 1. The minimum Gasteiger partial charge on any atom is -0.503 e. The second-order valence-corrected chi connectivity index (χ2v) is 4.57. The van der Waals surface area contributed by atoms with Gasteiger partial charge in [0.05, 0.1) is 11.6 Å². The van der Waals surface area contributed by atoms with Gasteiger partial charge in [-0.15, -0.1) is 0 Å². The van der Waals surface area contributed by atoms with Crippen LogP contribution in [-0.4, -0.2) is 28.7 Å². The van der Waals surface area contributed by atoms with Crippen molar-refractivity contribution >= 4 is 23.3 Å². The molecule has 0 radical (unpaired) electrons. The highest BCUT2D eigenvalue weighted by Gasteiger charge is 2.40. The van der Waals surface area contributed by atoms with E-state index in [1.807, 2.05) is 0 Å². The third-order valence-corrected chi connectivity index (χ3v) is 3.36. The Morgan fingerprint density at radius 3 is 2.56 bits per heavy atom. The molecule has 1 aromatic carbocycles. The average molecular weight is 266 g/mol. The van der Waals surface area contributed by atoms with Gasteiger partial charge in [0, 0.05) is 12.1 Å². The number of carbonyl (C=O) groups excluding carboxylic acids is 2. The van der Waals surface area contributed by atoms with Gasteiger partial charge in [0.1, 0.15) is 0 Å². The number of nitrogens with zero attached hydrogens (tertiary/aromatic N) is 1. The summed E-state index contributed by atoms with van der Waals surface area (Å²) in [5.41, 5.74) is 0.722. The van der Waals surface area contributed by atoms with Gasteiger partial charge in [0.15, 0.2) is 11.5 Å². The van der Waals surface area contributed by atoms with E-state index < -0.39 is 17.7 Å². The fourth-order valence-electron chi connectivity index (χ4n) is 2.14. The van der Waals surface area contributed by atoms with E-state index >= 15 is 0 Å². The van der Waals surface area contributed by atoms with Crippen LogP contribution in [0.5, 0.6) is 0 Å². The summed E-state index contributed by atoms with van der Waals surface area (Å²) in [5, 5.41) is 10.2. The third kappa shape index (κ3) is 1.78. The summed E-state index contributed by atoms with van der Waals surface area (Å²) in [4.78, 5) is 24.7. The molecule has 1 atom stereocenters. The van der Waals surface area contributed by atoms with Gasteiger partial charge in [-0.25, -0.2) is 0 Å². The topological polar surface area (TPSA) is 57.6 Å². The Morgan fingerprint density at radius 2 is 2.00 bits per heavy atom. The molecule has 0 spiro atoms. The lowest BCUT2D eigenvalue weighted by Crippen LogP contribution is -2.26. The van der Waals surface area contributed by atoms with Gasteiger partial charge < -0.3 is 10.0 Å². The van der Waals surface area contributed by atoms with E-state index in [2.05, 4.69) is 0 Å². The second-order valence-electron chi connectivity index (χ2n) is 4.16. The van der Waals surface area contributed by atoms with E-state index in [-0.39, 0.29) is 11.4 Å². The molecular weight excluding hydrogens is 254 g/mol. The minimum atomic E-state index is -0.622. The molecule has 5 heteroatoms. The van der Waals surface area contributed by atoms with Crippen molar-refractivity contribution in [1.82, 2.24) is 4.90 Å². The van der Waals surface area contributed by atoms with Gasteiger partial charge in [-0.1, -0.05) is 29.8 Å². The standard InChI is InChI=1S/C13H12ClNO3/c1-7(16)10-11(15(2)13(18)12(10)17)8-5-3-4-6-9(8)14/h3-6,11,17H,1-2H3/t11-/m1/s1. The van der Waals surface area contributed by atoms with Gasteiger partial charge in [0.2, 0.25) is 0 Å². The quantitative estimate of drug-likeness (QED) is 0.892. The average Bonchev–Trinajstić information content (AvgIpc) is 2.54. The maximum atomic E-state index is 11.7. The number of Topliss-reactive ketones (excluding diaryl/α,β-unsaturated/α-hetero) is 1. The van der Waals surface area contributed by atoms with E-state index in [9.17, 15) is 14.7 Å². The predicted octanol–water partition coefficient (Wildman–Crippen LogP) is 2.25. The van der Waals surface area contributed by atoms with Crippen LogP contribution in [0.25, 0.3) is 0 Å². The fourth-order valence-corrected chi connectivity index (χ4v) is 2.38. The monoisotopic (exact) mass is 265 g/mol. The minimum absolute atomic E-state index is 0.0931. The van der Waals surface area contributed by atoms with Crippen LogP contribution in [0.3, 0.4) is 0 Å². The van der Waals surface area contributed by atoms with Crippen molar-refractivity contribution in [3.63, 3.8) is 0 Å². The second kappa shape index (κ2) is 4.46. The zero-order chi connectivity index (χ0) is 13.4. The molecular formula is C13H12ClNO3. The first-order valence-electron chi connectivity index (χ1n) is 5.40. The number of amides is 1. The number of likely N-dealkylation sites (N-methyl/N-ethyl adjacent to an activating group) is 1. The van der Waals surface area contributed by atoms with Crippen LogP contribution in [0.1, 0.15) is 18.5 Å². The van der Waals surface area contributed by atoms with Gasteiger partial charge >= 0.3 is 0 Å². The summed E-state index contributed by atoms with van der Waals surface area (Å²) in [6.07, 6.45) is 0. The Kier molecular flexibility index (Phi) is 3.13. The lowest BCUT2D eigenvalue weighted by Gasteiger charge is -2.22. The van der Waals surface area contributed by atoms with Crippen molar-refractivity contribution < 1.29 is 14.7 Å². The Bertz CT molecular complexity index is 565. The number of hydrogen-bond acceptors (Lipinski definition) is 3. The molecule has 4 nitrogen and oxygen atoms in total. The van der Waals surface area contributed by atoms with Crippen LogP contribution >= 0.6 is 11.6 Å². The zero-order valence-electron chi connectivity index (χ0n) is 9.98. The lowest BCUT2D eigenvalue weighted by atomic mass is 9.97. The number of rotatable bonds is 2. The van der Waals surface area contributed by atoms with Crippen LogP contribution in [0.4, 0.5) is 0 Å². The molecule has 0 saturated heterocycles. The van der Waals surface area contributed by atoms with Crippen LogP contribution < -0.4 is 0 Å². The van der Waals surface area contributed by atoms with Gasteiger partial charge in [-0.05, 0) is 18.6 Å². The first-order chi connectivity index (χ1) is 8.45. The van der Waals surface area contributed by atoms with Crippen molar-refractivity contribution in [2.45, 2.75) is 13.0 Å². The highest BCUT2D eigenvalue weighted by atomic mass is 35.5. The molecule has 1 aromatic rings. The number of halogens is 1. The maximum Gasteiger partial charge on any atom is 0.289 e. The normalized spacial score (nSPS) is 19.6. The molecule has 1 N–H and O–H groups in total. The van der Waals surface area contributed by atoms with E-state index in [0.717, 1.165) is 0 Å². The van der Waals surface area contributed by atoms with Gasteiger partial charge in [-0.3, -0.25) is 9.59 Å². The molecule has 0 fully saturated rings. The molecule has 1 aliphatic rings. The third-order valence-electron chi connectivity index (χ3n) is 3.02. The summed E-state index contributed by atoms with van der Waals surface area (Å²) in [7, 11) is 1.53. The maximum absolute atomic E-state index is 11.7. The number of carbonyl (C=O) groups is 2. The Labute approximate surface area is 109 Å². The summed E-state index contributed by atoms with van der Waals surface area (Å²) in [6, 6.07) is 6.33. The molecule has 1 aliphatic heterocycles. The molecule has 2 rings (SSSR count). The van der Waals surface area contributed by atoms with Gasteiger partial charge in [0.25, 0.3) is 5.91 Å². The van der Waals surface area contributed by atoms with Crippen molar-refractivity contribution in [2.75, 3.05) is 7.05 Å². The highest BCUT2D eigenvalue weighted by Crippen LogP contribution is 2.39. The van der Waals surface area contributed by atoms with Crippen molar-refractivity contribution in [2.24, 2.45) is 0 Å². The molecule has 0 aliphatic carbocycles. The van der Waals surface area contributed by atoms with Gasteiger partial charge in [-0.2, -0.15) is 0 Å². The highest BCUT2D eigenvalue weighted by molar-refractivity contribution is 6.31. The van der Waals surface area contributed by atoms with E-state index in [1.54, 1.807) is 24.3 Å². The Morgan fingerprint density at radius 1 is 1.39 bits per heavy atom. The summed E-state index contributed by atoms with van der Waals surface area (Å²) >= 11 is 6.08. The fraction of sp³-hybridized carbons (Fsp3) is 0.231. The number of aliphatic hydroxyl groups is 1. The molecule has 0 aromatic heterocycles. The lowest BCUT2D eigenvalue weighted by molar-refractivity contribution is -0.128.